The Morgan fingerprint density at radius 1 is 1.67 bits per heavy atom. The van der Waals surface area contributed by atoms with E-state index in [4.69, 9.17) is 11.6 Å². The first-order valence-corrected chi connectivity index (χ1v) is 7.30. The molecule has 2 rings (SSSR count). The molecule has 84 valence electrons. The van der Waals surface area contributed by atoms with Crippen molar-refractivity contribution >= 4 is 33.0 Å². The average Bonchev–Trinajstić information content (AvgIpc) is 2.88. The zero-order valence-corrected chi connectivity index (χ0v) is 10.5. The van der Waals surface area contributed by atoms with Gasteiger partial charge in [-0.25, -0.2) is 18.1 Å². The molecule has 1 aromatic rings. The number of hydrogen-bond donors (Lipinski definition) is 1. The van der Waals surface area contributed by atoms with Crippen LogP contribution in [0.1, 0.15) is 19.8 Å². The molecule has 0 saturated heterocycles. The number of rotatable bonds is 4. The SMILES string of the molecule is CC(NS(=O)(=O)c1cnc(Cl)s1)C1CC1. The molecule has 0 amide bonds. The molecule has 1 saturated carbocycles. The summed E-state index contributed by atoms with van der Waals surface area (Å²) >= 11 is 6.57. The largest absolute Gasteiger partial charge is 0.251 e. The Balaban J connectivity index is 2.12. The number of aromatic nitrogens is 1. The second kappa shape index (κ2) is 4.01. The van der Waals surface area contributed by atoms with Crippen molar-refractivity contribution in [3.8, 4) is 0 Å². The van der Waals surface area contributed by atoms with Crippen LogP contribution < -0.4 is 4.72 Å². The van der Waals surface area contributed by atoms with E-state index in [-0.39, 0.29) is 14.7 Å². The zero-order chi connectivity index (χ0) is 11.1. The molecule has 0 bridgehead atoms. The van der Waals surface area contributed by atoms with E-state index in [0.29, 0.717) is 5.92 Å². The summed E-state index contributed by atoms with van der Waals surface area (Å²) in [7, 11) is -3.42. The molecule has 1 aromatic heterocycles. The van der Waals surface area contributed by atoms with E-state index in [9.17, 15) is 8.42 Å². The molecule has 0 spiro atoms. The Kier molecular flexibility index (Phi) is 3.03. The number of thiazole rings is 1. The van der Waals surface area contributed by atoms with Crippen LogP contribution in [0.5, 0.6) is 0 Å². The first-order valence-electron chi connectivity index (χ1n) is 4.63. The minimum Gasteiger partial charge on any atom is -0.232 e. The van der Waals surface area contributed by atoms with Gasteiger partial charge in [0.1, 0.15) is 0 Å². The predicted molar refractivity (Wildman–Crippen MR) is 59.6 cm³/mol. The fraction of sp³-hybridized carbons (Fsp3) is 0.625. The summed E-state index contributed by atoms with van der Waals surface area (Å²) in [6.07, 6.45) is 3.50. The summed E-state index contributed by atoms with van der Waals surface area (Å²) in [4.78, 5) is 3.72. The van der Waals surface area contributed by atoms with E-state index >= 15 is 0 Å². The summed E-state index contributed by atoms with van der Waals surface area (Å²) in [5.41, 5.74) is 0. The van der Waals surface area contributed by atoms with Crippen LogP contribution in [-0.4, -0.2) is 19.4 Å². The van der Waals surface area contributed by atoms with Crippen LogP contribution in [0.3, 0.4) is 0 Å². The topological polar surface area (TPSA) is 59.1 Å². The maximum atomic E-state index is 11.8. The number of halogens is 1. The predicted octanol–water partition coefficient (Wildman–Crippen LogP) is 1.87. The van der Waals surface area contributed by atoms with E-state index in [2.05, 4.69) is 9.71 Å². The highest BCUT2D eigenvalue weighted by Crippen LogP contribution is 2.33. The summed E-state index contributed by atoms with van der Waals surface area (Å²) in [5.74, 6) is 0.489. The van der Waals surface area contributed by atoms with Gasteiger partial charge < -0.3 is 0 Å². The van der Waals surface area contributed by atoms with E-state index in [1.54, 1.807) is 0 Å². The van der Waals surface area contributed by atoms with Crippen LogP contribution >= 0.6 is 22.9 Å². The Morgan fingerprint density at radius 3 is 2.80 bits per heavy atom. The molecule has 1 aliphatic rings. The quantitative estimate of drug-likeness (QED) is 0.905. The van der Waals surface area contributed by atoms with Gasteiger partial charge in [-0.3, -0.25) is 0 Å². The van der Waals surface area contributed by atoms with E-state index in [0.717, 1.165) is 24.2 Å². The zero-order valence-electron chi connectivity index (χ0n) is 8.10. The van der Waals surface area contributed by atoms with Crippen molar-refractivity contribution in [3.05, 3.63) is 10.7 Å². The van der Waals surface area contributed by atoms with E-state index in [1.165, 1.54) is 6.20 Å². The molecule has 0 aromatic carbocycles. The number of nitrogens with one attached hydrogen (secondary N) is 1. The average molecular weight is 267 g/mol. The molecule has 15 heavy (non-hydrogen) atoms. The van der Waals surface area contributed by atoms with Crippen LogP contribution in [0.4, 0.5) is 0 Å². The maximum absolute atomic E-state index is 11.8. The summed E-state index contributed by atoms with van der Waals surface area (Å²) < 4.78 is 26.6. The van der Waals surface area contributed by atoms with Crippen molar-refractivity contribution in [1.29, 1.82) is 0 Å². The first-order chi connectivity index (χ1) is 6.99. The van der Waals surface area contributed by atoms with Gasteiger partial charge in [-0.1, -0.05) is 22.9 Å². The Bertz CT molecular complexity index is 453. The van der Waals surface area contributed by atoms with Gasteiger partial charge >= 0.3 is 0 Å². The molecule has 1 heterocycles. The lowest BCUT2D eigenvalue weighted by Crippen LogP contribution is -2.33. The fourth-order valence-corrected chi connectivity index (χ4v) is 3.98. The smallest absolute Gasteiger partial charge is 0.232 e. The van der Waals surface area contributed by atoms with Crippen LogP contribution in [0.2, 0.25) is 4.47 Å². The molecule has 0 radical (unpaired) electrons. The minimum absolute atomic E-state index is 0.00382. The molecule has 1 unspecified atom stereocenters. The Hall–Kier alpha value is -0.170. The van der Waals surface area contributed by atoms with Gasteiger partial charge in [0, 0.05) is 6.04 Å². The maximum Gasteiger partial charge on any atom is 0.251 e. The second-order valence-electron chi connectivity index (χ2n) is 3.68. The summed E-state index contributed by atoms with van der Waals surface area (Å²) in [6.45, 7) is 1.89. The third-order valence-corrected chi connectivity index (χ3v) is 5.53. The van der Waals surface area contributed by atoms with Crippen LogP contribution in [0.25, 0.3) is 0 Å². The summed E-state index contributed by atoms with van der Waals surface area (Å²) in [5, 5.41) is 0. The number of sulfonamides is 1. The lowest BCUT2D eigenvalue weighted by Gasteiger charge is -2.11. The van der Waals surface area contributed by atoms with Gasteiger partial charge in [0.15, 0.2) is 8.68 Å². The van der Waals surface area contributed by atoms with Crippen molar-refractivity contribution in [1.82, 2.24) is 9.71 Å². The molecule has 1 N–H and O–H groups in total. The van der Waals surface area contributed by atoms with Gasteiger partial charge in [-0.2, -0.15) is 0 Å². The fourth-order valence-electron chi connectivity index (χ4n) is 1.36. The van der Waals surface area contributed by atoms with Gasteiger partial charge in [0.25, 0.3) is 10.0 Å². The molecule has 1 atom stereocenters. The highest BCUT2D eigenvalue weighted by molar-refractivity contribution is 7.91. The molecule has 1 fully saturated rings. The van der Waals surface area contributed by atoms with Crippen molar-refractivity contribution in [2.24, 2.45) is 5.92 Å². The van der Waals surface area contributed by atoms with Crippen LogP contribution in [-0.2, 0) is 10.0 Å². The highest BCUT2D eigenvalue weighted by Gasteiger charge is 2.31. The van der Waals surface area contributed by atoms with E-state index < -0.39 is 10.0 Å². The standard InChI is InChI=1S/C8H11ClN2O2S2/c1-5(6-2-3-6)11-15(12,13)7-4-10-8(9)14-7/h4-6,11H,2-3H2,1H3. The van der Waals surface area contributed by atoms with Crippen LogP contribution in [0, 0.1) is 5.92 Å². The van der Waals surface area contributed by atoms with Gasteiger partial charge in [-0.15, -0.1) is 0 Å². The molecular formula is C8H11ClN2O2S2. The highest BCUT2D eigenvalue weighted by atomic mass is 35.5. The van der Waals surface area contributed by atoms with Crippen molar-refractivity contribution in [2.75, 3.05) is 0 Å². The van der Waals surface area contributed by atoms with Crippen molar-refractivity contribution < 1.29 is 8.42 Å². The summed E-state index contributed by atoms with van der Waals surface area (Å²) in [6, 6.07) is -0.00382. The molecular weight excluding hydrogens is 256 g/mol. The van der Waals surface area contributed by atoms with Crippen LogP contribution in [0.15, 0.2) is 10.4 Å². The molecule has 4 nitrogen and oxygen atoms in total. The first kappa shape index (κ1) is 11.3. The minimum atomic E-state index is -3.42. The third-order valence-electron chi connectivity index (χ3n) is 2.39. The molecule has 0 aliphatic heterocycles. The Morgan fingerprint density at radius 2 is 2.33 bits per heavy atom. The lowest BCUT2D eigenvalue weighted by molar-refractivity contribution is 0.539. The third kappa shape index (κ3) is 2.69. The molecule has 7 heteroatoms. The number of nitrogens with zero attached hydrogens (tertiary/aromatic N) is 1. The Labute approximate surface area is 97.7 Å². The monoisotopic (exact) mass is 266 g/mol. The second-order valence-corrected chi connectivity index (χ2v) is 7.23. The van der Waals surface area contributed by atoms with Crippen molar-refractivity contribution in [2.45, 2.75) is 30.0 Å². The molecule has 1 aliphatic carbocycles. The van der Waals surface area contributed by atoms with Gasteiger partial charge in [0.05, 0.1) is 6.20 Å². The lowest BCUT2D eigenvalue weighted by atomic mass is 10.2. The normalized spacial score (nSPS) is 19.1. The van der Waals surface area contributed by atoms with Crippen molar-refractivity contribution in [3.63, 3.8) is 0 Å². The van der Waals surface area contributed by atoms with Gasteiger partial charge in [0.2, 0.25) is 0 Å². The van der Waals surface area contributed by atoms with Gasteiger partial charge in [-0.05, 0) is 25.7 Å². The van der Waals surface area contributed by atoms with E-state index in [1.807, 2.05) is 6.92 Å². The number of hydrogen-bond acceptors (Lipinski definition) is 4.